The minimum absolute atomic E-state index is 0.415. The molecule has 0 bridgehead atoms. The molecule has 1 aromatic carbocycles. The highest BCUT2D eigenvalue weighted by atomic mass is 35.5. The van der Waals surface area contributed by atoms with Crippen molar-refractivity contribution in [2.24, 2.45) is 10.9 Å². The second-order valence-corrected chi connectivity index (χ2v) is 5.06. The van der Waals surface area contributed by atoms with Gasteiger partial charge in [0, 0.05) is 12.1 Å². The van der Waals surface area contributed by atoms with Gasteiger partial charge < -0.3 is 10.6 Å². The average molecular weight is 303 g/mol. The van der Waals surface area contributed by atoms with E-state index in [0.29, 0.717) is 23.2 Å². The van der Waals surface area contributed by atoms with Gasteiger partial charge in [-0.1, -0.05) is 54.2 Å². The van der Waals surface area contributed by atoms with E-state index in [0.717, 1.165) is 37.0 Å². The second-order valence-electron chi connectivity index (χ2n) is 4.25. The Morgan fingerprint density at radius 2 is 2.05 bits per heavy atom. The molecule has 0 aromatic heterocycles. The summed E-state index contributed by atoms with van der Waals surface area (Å²) < 4.78 is 0. The molecule has 0 atom stereocenters. The standard InChI is InChI=1S/C14H20Cl2N2O/c1-2-3-4-5-14(18-19-9-8-17)11-6-7-12(15)13(16)10-11/h6-7,10H,2-5,8-9,17H2,1H3. The van der Waals surface area contributed by atoms with Crippen LogP contribution in [-0.2, 0) is 4.84 Å². The van der Waals surface area contributed by atoms with Gasteiger partial charge in [-0.05, 0) is 25.0 Å². The first-order chi connectivity index (χ1) is 9.19. The number of nitrogens with two attached hydrogens (primary N) is 1. The molecule has 0 radical (unpaired) electrons. The van der Waals surface area contributed by atoms with E-state index >= 15 is 0 Å². The van der Waals surface area contributed by atoms with Crippen LogP contribution < -0.4 is 5.73 Å². The Morgan fingerprint density at radius 1 is 1.26 bits per heavy atom. The number of rotatable bonds is 8. The number of hydrogen-bond donors (Lipinski definition) is 1. The average Bonchev–Trinajstić information content (AvgIpc) is 2.41. The molecule has 1 aromatic rings. The Labute approximate surface area is 124 Å². The fourth-order valence-corrected chi connectivity index (χ4v) is 1.94. The van der Waals surface area contributed by atoms with Crippen LogP contribution in [0.5, 0.6) is 0 Å². The van der Waals surface area contributed by atoms with Gasteiger partial charge in [-0.2, -0.15) is 0 Å². The summed E-state index contributed by atoms with van der Waals surface area (Å²) in [4.78, 5) is 5.19. The molecule has 5 heteroatoms. The Hall–Kier alpha value is -0.770. The van der Waals surface area contributed by atoms with Crippen LogP contribution in [0.4, 0.5) is 0 Å². The van der Waals surface area contributed by atoms with E-state index in [9.17, 15) is 0 Å². The zero-order chi connectivity index (χ0) is 14.1. The van der Waals surface area contributed by atoms with Gasteiger partial charge in [0.25, 0.3) is 0 Å². The fourth-order valence-electron chi connectivity index (χ4n) is 1.64. The number of unbranched alkanes of at least 4 members (excludes halogenated alkanes) is 2. The van der Waals surface area contributed by atoms with E-state index in [1.54, 1.807) is 6.07 Å². The third-order valence-corrected chi connectivity index (χ3v) is 3.39. The van der Waals surface area contributed by atoms with Gasteiger partial charge in [0.1, 0.15) is 6.61 Å². The number of benzene rings is 1. The molecule has 0 aliphatic carbocycles. The van der Waals surface area contributed by atoms with Gasteiger partial charge in [-0.25, -0.2) is 0 Å². The third kappa shape index (κ3) is 5.81. The predicted molar refractivity (Wildman–Crippen MR) is 82.1 cm³/mol. The fraction of sp³-hybridized carbons (Fsp3) is 0.500. The van der Waals surface area contributed by atoms with Crippen LogP contribution in [0.25, 0.3) is 0 Å². The van der Waals surface area contributed by atoms with Crippen molar-refractivity contribution in [1.82, 2.24) is 0 Å². The molecule has 0 unspecified atom stereocenters. The molecule has 19 heavy (non-hydrogen) atoms. The molecule has 0 saturated heterocycles. The predicted octanol–water partition coefficient (Wildman–Crippen LogP) is 4.25. The first kappa shape index (κ1) is 16.3. The minimum atomic E-state index is 0.415. The lowest BCUT2D eigenvalue weighted by atomic mass is 10.0. The van der Waals surface area contributed by atoms with E-state index in [1.165, 1.54) is 0 Å². The molecule has 0 aliphatic heterocycles. The van der Waals surface area contributed by atoms with Crippen LogP contribution >= 0.6 is 23.2 Å². The van der Waals surface area contributed by atoms with Crippen molar-refractivity contribution >= 4 is 28.9 Å². The molecule has 2 N–H and O–H groups in total. The highest BCUT2D eigenvalue weighted by Gasteiger charge is 2.07. The monoisotopic (exact) mass is 302 g/mol. The summed E-state index contributed by atoms with van der Waals surface area (Å²) in [5.41, 5.74) is 7.22. The van der Waals surface area contributed by atoms with Crippen LogP contribution in [-0.4, -0.2) is 18.9 Å². The first-order valence-electron chi connectivity index (χ1n) is 6.53. The van der Waals surface area contributed by atoms with Gasteiger partial charge in [-0.15, -0.1) is 0 Å². The van der Waals surface area contributed by atoms with E-state index in [4.69, 9.17) is 33.8 Å². The van der Waals surface area contributed by atoms with Gasteiger partial charge in [0.05, 0.1) is 15.8 Å². The Bertz CT molecular complexity index is 422. The largest absolute Gasteiger partial charge is 0.394 e. The molecular formula is C14H20Cl2N2O. The number of oxime groups is 1. The van der Waals surface area contributed by atoms with E-state index in [-0.39, 0.29) is 0 Å². The summed E-state index contributed by atoms with van der Waals surface area (Å²) in [7, 11) is 0. The maximum atomic E-state index is 6.03. The number of halogens is 2. The minimum Gasteiger partial charge on any atom is -0.394 e. The Morgan fingerprint density at radius 3 is 2.68 bits per heavy atom. The van der Waals surface area contributed by atoms with Crippen LogP contribution in [0.3, 0.4) is 0 Å². The van der Waals surface area contributed by atoms with Gasteiger partial charge in [0.15, 0.2) is 0 Å². The van der Waals surface area contributed by atoms with Crippen molar-refractivity contribution in [2.75, 3.05) is 13.2 Å². The molecule has 106 valence electrons. The summed E-state index contributed by atoms with van der Waals surface area (Å²) in [6, 6.07) is 5.50. The number of nitrogens with zero attached hydrogens (tertiary/aromatic N) is 1. The van der Waals surface area contributed by atoms with Crippen molar-refractivity contribution < 1.29 is 4.84 Å². The van der Waals surface area contributed by atoms with Gasteiger partial charge in [-0.3, -0.25) is 0 Å². The zero-order valence-corrected chi connectivity index (χ0v) is 12.7. The molecule has 0 amide bonds. The van der Waals surface area contributed by atoms with E-state index in [1.807, 2.05) is 12.1 Å². The molecular weight excluding hydrogens is 283 g/mol. The van der Waals surface area contributed by atoms with E-state index < -0.39 is 0 Å². The maximum Gasteiger partial charge on any atom is 0.129 e. The van der Waals surface area contributed by atoms with Crippen molar-refractivity contribution in [1.29, 1.82) is 0 Å². The summed E-state index contributed by atoms with van der Waals surface area (Å²) in [6.07, 6.45) is 4.26. The molecule has 3 nitrogen and oxygen atoms in total. The second kappa shape index (κ2) is 9.18. The highest BCUT2D eigenvalue weighted by Crippen LogP contribution is 2.24. The van der Waals surface area contributed by atoms with Crippen molar-refractivity contribution in [2.45, 2.75) is 32.6 Å². The lowest BCUT2D eigenvalue weighted by Gasteiger charge is -2.08. The molecule has 1 rings (SSSR count). The Kier molecular flexibility index (Phi) is 7.87. The van der Waals surface area contributed by atoms with Crippen molar-refractivity contribution in [3.8, 4) is 0 Å². The molecule has 0 heterocycles. The SMILES string of the molecule is CCCCCC(=NOCCN)c1ccc(Cl)c(Cl)c1. The summed E-state index contributed by atoms with van der Waals surface area (Å²) in [5.74, 6) is 0. The molecule has 0 fully saturated rings. The first-order valence-corrected chi connectivity index (χ1v) is 7.29. The topological polar surface area (TPSA) is 47.6 Å². The lowest BCUT2D eigenvalue weighted by molar-refractivity contribution is 0.152. The smallest absolute Gasteiger partial charge is 0.129 e. The maximum absolute atomic E-state index is 6.03. The van der Waals surface area contributed by atoms with Crippen molar-refractivity contribution in [3.63, 3.8) is 0 Å². The highest BCUT2D eigenvalue weighted by molar-refractivity contribution is 6.42. The quantitative estimate of drug-likeness (QED) is 0.443. The van der Waals surface area contributed by atoms with Crippen LogP contribution in [0.1, 0.15) is 38.2 Å². The molecule has 0 aliphatic rings. The third-order valence-electron chi connectivity index (χ3n) is 2.65. The number of hydrogen-bond acceptors (Lipinski definition) is 3. The van der Waals surface area contributed by atoms with Crippen molar-refractivity contribution in [3.05, 3.63) is 33.8 Å². The van der Waals surface area contributed by atoms with Crippen LogP contribution in [0.15, 0.2) is 23.4 Å². The van der Waals surface area contributed by atoms with E-state index in [2.05, 4.69) is 12.1 Å². The lowest BCUT2D eigenvalue weighted by Crippen LogP contribution is -2.08. The van der Waals surface area contributed by atoms with Crippen LogP contribution in [0.2, 0.25) is 10.0 Å². The Balaban J connectivity index is 2.81. The molecule has 0 spiro atoms. The van der Waals surface area contributed by atoms with Gasteiger partial charge >= 0.3 is 0 Å². The van der Waals surface area contributed by atoms with Crippen LogP contribution in [0, 0.1) is 0 Å². The summed E-state index contributed by atoms with van der Waals surface area (Å²) in [6.45, 7) is 3.03. The summed E-state index contributed by atoms with van der Waals surface area (Å²) >= 11 is 12.0. The van der Waals surface area contributed by atoms with Gasteiger partial charge in [0.2, 0.25) is 0 Å². The summed E-state index contributed by atoms with van der Waals surface area (Å²) in [5, 5.41) is 5.23. The normalized spacial score (nSPS) is 11.7. The molecule has 0 saturated carbocycles. The zero-order valence-electron chi connectivity index (χ0n) is 11.2.